The number of carboxylic acid groups (broad SMARTS) is 1. The van der Waals surface area contributed by atoms with Gasteiger partial charge in [-0.25, -0.2) is 0 Å². The molecule has 2 atom stereocenters. The summed E-state index contributed by atoms with van der Waals surface area (Å²) in [6.45, 7) is 2.01. The Balaban J connectivity index is 2.24. The minimum Gasteiger partial charge on any atom is -0.481 e. The van der Waals surface area contributed by atoms with Crippen LogP contribution in [0, 0.1) is 5.92 Å². The van der Waals surface area contributed by atoms with E-state index in [-0.39, 0.29) is 18.4 Å². The molecule has 7 heteroatoms. The topological polar surface area (TPSA) is 88.2 Å². The number of aliphatic carboxylic acids is 1. The van der Waals surface area contributed by atoms with E-state index in [1.807, 2.05) is 4.57 Å². The van der Waals surface area contributed by atoms with Crippen molar-refractivity contribution in [1.29, 1.82) is 0 Å². The molecule has 1 saturated carbocycles. The second-order valence-electron chi connectivity index (χ2n) is 4.58. The van der Waals surface area contributed by atoms with Gasteiger partial charge < -0.3 is 14.8 Å². The second-order valence-corrected chi connectivity index (χ2v) is 5.53. The molecule has 0 bridgehead atoms. The lowest BCUT2D eigenvalue weighted by Crippen LogP contribution is -2.16. The molecule has 0 amide bonds. The van der Waals surface area contributed by atoms with Crippen molar-refractivity contribution in [3.05, 3.63) is 5.82 Å². The van der Waals surface area contributed by atoms with Crippen molar-refractivity contribution in [3.63, 3.8) is 0 Å². The summed E-state index contributed by atoms with van der Waals surface area (Å²) in [5.74, 6) is 0.127. The third-order valence-corrected chi connectivity index (χ3v) is 4.28. The zero-order valence-corrected chi connectivity index (χ0v) is 11.1. The van der Waals surface area contributed by atoms with Crippen molar-refractivity contribution >= 4 is 17.7 Å². The highest BCUT2D eigenvalue weighted by Gasteiger charge is 2.29. The summed E-state index contributed by atoms with van der Waals surface area (Å²) in [6.07, 6.45) is 3.33. The molecule has 2 rings (SSSR count). The summed E-state index contributed by atoms with van der Waals surface area (Å²) in [4.78, 5) is 10.6. The molecule has 0 aromatic carbocycles. The van der Waals surface area contributed by atoms with Crippen molar-refractivity contribution in [2.24, 2.45) is 5.92 Å². The van der Waals surface area contributed by atoms with Gasteiger partial charge in [0.15, 0.2) is 11.0 Å². The van der Waals surface area contributed by atoms with E-state index in [1.165, 1.54) is 0 Å². The van der Waals surface area contributed by atoms with Crippen LogP contribution in [0.2, 0.25) is 0 Å². The fraction of sp³-hybridized carbons (Fsp3) is 0.727. The average molecular weight is 271 g/mol. The number of aromatic nitrogens is 3. The van der Waals surface area contributed by atoms with E-state index in [9.17, 15) is 9.90 Å². The Hall–Kier alpha value is -1.08. The molecule has 6 nitrogen and oxygen atoms in total. The molecular weight excluding hydrogens is 254 g/mol. The summed E-state index contributed by atoms with van der Waals surface area (Å²) >= 11 is 1.16. The first-order chi connectivity index (χ1) is 8.63. The van der Waals surface area contributed by atoms with E-state index in [1.54, 1.807) is 0 Å². The van der Waals surface area contributed by atoms with Crippen LogP contribution in [0.3, 0.4) is 0 Å². The Morgan fingerprint density at radius 2 is 2.28 bits per heavy atom. The largest absolute Gasteiger partial charge is 0.481 e. The quantitative estimate of drug-likeness (QED) is 0.785. The fourth-order valence-corrected chi connectivity index (χ4v) is 3.21. The number of hydrogen-bond acceptors (Lipinski definition) is 5. The summed E-state index contributed by atoms with van der Waals surface area (Å²) in [5, 5.41) is 26.6. The van der Waals surface area contributed by atoms with Gasteiger partial charge in [-0.1, -0.05) is 25.1 Å². The number of carbonyl (C=O) groups is 1. The van der Waals surface area contributed by atoms with Gasteiger partial charge in [0.1, 0.15) is 6.61 Å². The maximum atomic E-state index is 10.6. The minimum atomic E-state index is -0.875. The standard InChI is InChI=1S/C11H17N3O3S/c1-7-3-2-4-8(7)14-9(5-15)12-13-11(14)18-6-10(16)17/h7-8,15H,2-6H2,1H3,(H,16,17). The van der Waals surface area contributed by atoms with E-state index >= 15 is 0 Å². The monoisotopic (exact) mass is 271 g/mol. The van der Waals surface area contributed by atoms with Gasteiger partial charge in [-0.2, -0.15) is 0 Å². The minimum absolute atomic E-state index is 0.0370. The van der Waals surface area contributed by atoms with E-state index in [4.69, 9.17) is 5.11 Å². The van der Waals surface area contributed by atoms with Crippen molar-refractivity contribution < 1.29 is 15.0 Å². The molecule has 1 fully saturated rings. The van der Waals surface area contributed by atoms with E-state index in [0.717, 1.165) is 31.0 Å². The fourth-order valence-electron chi connectivity index (χ4n) is 2.48. The molecule has 0 aliphatic heterocycles. The van der Waals surface area contributed by atoms with Crippen molar-refractivity contribution in [1.82, 2.24) is 14.8 Å². The Kier molecular flexibility index (Phi) is 4.23. The number of nitrogens with zero attached hydrogens (tertiary/aromatic N) is 3. The van der Waals surface area contributed by atoms with Crippen LogP contribution in [0.4, 0.5) is 0 Å². The summed E-state index contributed by atoms with van der Waals surface area (Å²) < 4.78 is 1.92. The van der Waals surface area contributed by atoms with Crippen LogP contribution in [-0.2, 0) is 11.4 Å². The molecule has 0 saturated heterocycles. The molecule has 0 spiro atoms. The van der Waals surface area contributed by atoms with Gasteiger partial charge >= 0.3 is 5.97 Å². The molecule has 2 unspecified atom stereocenters. The van der Waals surface area contributed by atoms with Crippen LogP contribution in [0.1, 0.15) is 38.1 Å². The van der Waals surface area contributed by atoms with Gasteiger partial charge in [0.25, 0.3) is 0 Å². The Morgan fingerprint density at radius 3 is 2.83 bits per heavy atom. The average Bonchev–Trinajstić information content (AvgIpc) is 2.91. The van der Waals surface area contributed by atoms with Crippen LogP contribution in [0.5, 0.6) is 0 Å². The number of rotatable bonds is 5. The first-order valence-electron chi connectivity index (χ1n) is 6.02. The molecule has 1 aromatic heterocycles. The number of aliphatic hydroxyl groups is 1. The SMILES string of the molecule is CC1CCCC1n1c(CO)nnc1SCC(=O)O. The van der Waals surface area contributed by atoms with Gasteiger partial charge in [-0.3, -0.25) is 4.79 Å². The number of aliphatic hydroxyl groups excluding tert-OH is 1. The molecule has 1 heterocycles. The maximum absolute atomic E-state index is 10.6. The summed E-state index contributed by atoms with van der Waals surface area (Å²) in [7, 11) is 0. The van der Waals surface area contributed by atoms with Crippen LogP contribution < -0.4 is 0 Å². The molecule has 1 aromatic rings. The Bertz CT molecular complexity index is 435. The lowest BCUT2D eigenvalue weighted by Gasteiger charge is -2.20. The number of thioether (sulfide) groups is 1. The van der Waals surface area contributed by atoms with Crippen LogP contribution in [0.15, 0.2) is 5.16 Å². The highest BCUT2D eigenvalue weighted by Crippen LogP contribution is 2.38. The van der Waals surface area contributed by atoms with Gasteiger partial charge in [-0.15, -0.1) is 10.2 Å². The van der Waals surface area contributed by atoms with Crippen LogP contribution in [0.25, 0.3) is 0 Å². The highest BCUT2D eigenvalue weighted by molar-refractivity contribution is 7.99. The Labute approximate surface area is 109 Å². The van der Waals surface area contributed by atoms with Crippen LogP contribution >= 0.6 is 11.8 Å². The Morgan fingerprint density at radius 1 is 1.50 bits per heavy atom. The van der Waals surface area contributed by atoms with Gasteiger partial charge in [0, 0.05) is 6.04 Å². The maximum Gasteiger partial charge on any atom is 0.313 e. The predicted octanol–water partition coefficient (Wildman–Crippen LogP) is 1.31. The first-order valence-corrected chi connectivity index (χ1v) is 7.01. The second kappa shape index (κ2) is 5.71. The molecule has 1 aliphatic carbocycles. The normalized spacial score (nSPS) is 23.4. The predicted molar refractivity (Wildman–Crippen MR) is 66.4 cm³/mol. The van der Waals surface area contributed by atoms with Gasteiger partial charge in [0.05, 0.1) is 5.75 Å². The molecule has 100 valence electrons. The lowest BCUT2D eigenvalue weighted by molar-refractivity contribution is -0.133. The van der Waals surface area contributed by atoms with Crippen molar-refractivity contribution in [2.75, 3.05) is 5.75 Å². The molecule has 1 aliphatic rings. The van der Waals surface area contributed by atoms with Crippen LogP contribution in [-0.4, -0.2) is 36.7 Å². The van der Waals surface area contributed by atoms with Crippen molar-refractivity contribution in [3.8, 4) is 0 Å². The van der Waals surface area contributed by atoms with E-state index < -0.39 is 5.97 Å². The molecule has 0 radical (unpaired) electrons. The smallest absolute Gasteiger partial charge is 0.313 e. The number of carboxylic acids is 1. The zero-order valence-electron chi connectivity index (χ0n) is 10.2. The van der Waals surface area contributed by atoms with E-state index in [0.29, 0.717) is 16.9 Å². The third kappa shape index (κ3) is 2.67. The third-order valence-electron chi connectivity index (χ3n) is 3.35. The van der Waals surface area contributed by atoms with Gasteiger partial charge in [0.2, 0.25) is 0 Å². The van der Waals surface area contributed by atoms with Gasteiger partial charge in [-0.05, 0) is 18.8 Å². The van der Waals surface area contributed by atoms with Crippen molar-refractivity contribution in [2.45, 2.75) is 44.0 Å². The summed E-state index contributed by atoms with van der Waals surface area (Å²) in [5.41, 5.74) is 0. The molecule has 18 heavy (non-hydrogen) atoms. The zero-order chi connectivity index (χ0) is 13.1. The highest BCUT2D eigenvalue weighted by atomic mass is 32.2. The summed E-state index contributed by atoms with van der Waals surface area (Å²) in [6, 6.07) is 0.276. The first kappa shape index (κ1) is 13.4. The lowest BCUT2D eigenvalue weighted by atomic mass is 10.1. The molecule has 2 N–H and O–H groups in total. The van der Waals surface area contributed by atoms with E-state index in [2.05, 4.69) is 17.1 Å². The molecular formula is C11H17N3O3S. The number of hydrogen-bond donors (Lipinski definition) is 2.